The van der Waals surface area contributed by atoms with Crippen LogP contribution < -0.4 is 10.6 Å². The summed E-state index contributed by atoms with van der Waals surface area (Å²) >= 11 is 16.5. The first-order chi connectivity index (χ1) is 20.6. The number of aromatic nitrogens is 6. The van der Waals surface area contributed by atoms with E-state index in [2.05, 4.69) is 120 Å². The number of hydrogen-bond donors (Lipinski definition) is 4. The zero-order chi connectivity index (χ0) is 30.6. The quantitative estimate of drug-likeness (QED) is 0.114. The van der Waals surface area contributed by atoms with E-state index in [1.54, 1.807) is 24.8 Å². The van der Waals surface area contributed by atoms with Crippen LogP contribution in [-0.2, 0) is 19.2 Å². The Labute approximate surface area is 286 Å². The molecule has 0 atom stereocenters. The Morgan fingerprint density at radius 3 is 2.07 bits per heavy atom. The molecule has 2 aliphatic heterocycles. The normalized spacial score (nSPS) is 13.8. The SMILES string of the molecule is Brc1cnc2[nH]ccc2c1.O=C1Cc2cc(Br)cnc2N1.O=C1Nc2ncc(Br)cc2C1(Br)Br.c1cnc2[nH]ccc2c1. The van der Waals surface area contributed by atoms with E-state index < -0.39 is 3.23 Å². The number of carbonyl (C=O) groups excluding carboxylic acids is 2. The molecule has 15 heteroatoms. The first kappa shape index (κ1) is 31.4. The average molecular weight is 899 g/mol. The van der Waals surface area contributed by atoms with E-state index in [4.69, 9.17) is 0 Å². The molecule has 2 aliphatic rings. The average Bonchev–Trinajstić information content (AvgIpc) is 3.76. The van der Waals surface area contributed by atoms with Crippen molar-refractivity contribution < 1.29 is 9.59 Å². The van der Waals surface area contributed by atoms with Gasteiger partial charge in [0, 0.05) is 72.5 Å². The van der Waals surface area contributed by atoms with Crippen LogP contribution in [0.25, 0.3) is 22.1 Å². The number of amides is 2. The number of fused-ring (bicyclic) bond motifs is 4. The molecule has 6 aromatic heterocycles. The van der Waals surface area contributed by atoms with Gasteiger partial charge >= 0.3 is 0 Å². The second-order valence-corrected chi connectivity index (χ2v) is 15.1. The number of nitrogens with one attached hydrogen (secondary N) is 4. The topological polar surface area (TPSA) is 141 Å². The maximum absolute atomic E-state index is 11.4. The third-order valence-corrected chi connectivity index (χ3v) is 8.82. The van der Waals surface area contributed by atoms with Crippen molar-refractivity contribution in [3.05, 3.63) is 104 Å². The Morgan fingerprint density at radius 1 is 0.698 bits per heavy atom. The fourth-order valence-electron chi connectivity index (χ4n) is 3.96. The van der Waals surface area contributed by atoms with Crippen LogP contribution in [0.3, 0.4) is 0 Å². The van der Waals surface area contributed by atoms with Crippen molar-refractivity contribution in [2.45, 2.75) is 9.65 Å². The van der Waals surface area contributed by atoms with Gasteiger partial charge in [-0.15, -0.1) is 0 Å². The fourth-order valence-corrected chi connectivity index (χ4v) is 5.82. The van der Waals surface area contributed by atoms with Crippen LogP contribution in [0, 0.1) is 0 Å². The first-order valence-electron chi connectivity index (χ1n) is 12.4. The lowest BCUT2D eigenvalue weighted by Crippen LogP contribution is -2.20. The number of hydrogen-bond acceptors (Lipinski definition) is 6. The fraction of sp³-hybridized carbons (Fsp3) is 0.0714. The molecule has 218 valence electrons. The zero-order valence-corrected chi connectivity index (χ0v) is 29.6. The molecule has 0 bridgehead atoms. The highest BCUT2D eigenvalue weighted by Gasteiger charge is 2.43. The summed E-state index contributed by atoms with van der Waals surface area (Å²) in [6.07, 6.45) is 11.1. The van der Waals surface area contributed by atoms with E-state index in [9.17, 15) is 9.59 Å². The zero-order valence-electron chi connectivity index (χ0n) is 21.7. The highest BCUT2D eigenvalue weighted by molar-refractivity contribution is 9.25. The summed E-state index contributed by atoms with van der Waals surface area (Å²) in [5, 5.41) is 7.60. The van der Waals surface area contributed by atoms with Gasteiger partial charge in [-0.3, -0.25) is 9.59 Å². The third kappa shape index (κ3) is 7.76. The van der Waals surface area contributed by atoms with E-state index in [0.29, 0.717) is 18.1 Å². The molecule has 0 radical (unpaired) electrons. The molecule has 0 saturated heterocycles. The molecule has 0 saturated carbocycles. The van der Waals surface area contributed by atoms with Crippen LogP contribution in [0.15, 0.2) is 93.1 Å². The highest BCUT2D eigenvalue weighted by atomic mass is 79.9. The molecule has 0 aliphatic carbocycles. The van der Waals surface area contributed by atoms with Crippen molar-refractivity contribution >= 4 is 125 Å². The lowest BCUT2D eigenvalue weighted by molar-refractivity contribution is -0.116. The molecule has 2 amide bonds. The smallest absolute Gasteiger partial charge is 0.258 e. The van der Waals surface area contributed by atoms with Gasteiger partial charge in [-0.25, -0.2) is 19.9 Å². The Kier molecular flexibility index (Phi) is 10.1. The van der Waals surface area contributed by atoms with Gasteiger partial charge in [0.15, 0.2) is 3.23 Å². The number of alkyl halides is 2. The van der Waals surface area contributed by atoms with Crippen molar-refractivity contribution in [3.8, 4) is 0 Å². The van der Waals surface area contributed by atoms with Gasteiger partial charge in [0.05, 0.1) is 6.42 Å². The molecule has 0 fully saturated rings. The Hall–Kier alpha value is -2.98. The Bertz CT molecular complexity index is 1910. The molecule has 10 nitrogen and oxygen atoms in total. The van der Waals surface area contributed by atoms with E-state index in [0.717, 1.165) is 46.6 Å². The first-order valence-corrected chi connectivity index (χ1v) is 16.3. The lowest BCUT2D eigenvalue weighted by atomic mass is 10.2. The number of rotatable bonds is 0. The van der Waals surface area contributed by atoms with Crippen molar-refractivity contribution in [2.24, 2.45) is 0 Å². The number of pyridine rings is 4. The summed E-state index contributed by atoms with van der Waals surface area (Å²) in [6, 6.07) is 13.7. The van der Waals surface area contributed by atoms with Crippen LogP contribution in [0.5, 0.6) is 0 Å². The molecule has 8 rings (SSSR count). The van der Waals surface area contributed by atoms with Crippen LogP contribution in [0.4, 0.5) is 11.6 Å². The van der Waals surface area contributed by atoms with Gasteiger partial charge in [-0.2, -0.15) is 0 Å². The van der Waals surface area contributed by atoms with E-state index in [-0.39, 0.29) is 11.8 Å². The highest BCUT2D eigenvalue weighted by Crippen LogP contribution is 2.47. The molecular formula is C28H19Br5N8O2. The number of H-pyrrole nitrogens is 2. The molecule has 0 unspecified atom stereocenters. The van der Waals surface area contributed by atoms with Crippen molar-refractivity contribution in [3.63, 3.8) is 0 Å². The Morgan fingerprint density at radius 2 is 1.33 bits per heavy atom. The van der Waals surface area contributed by atoms with Crippen LogP contribution in [0.1, 0.15) is 11.1 Å². The monoisotopic (exact) mass is 894 g/mol. The molecule has 43 heavy (non-hydrogen) atoms. The predicted octanol–water partition coefficient (Wildman–Crippen LogP) is 7.97. The molecule has 0 spiro atoms. The number of aromatic amines is 2. The van der Waals surface area contributed by atoms with Crippen LogP contribution >= 0.6 is 79.6 Å². The van der Waals surface area contributed by atoms with Gasteiger partial charge in [0.25, 0.3) is 5.91 Å². The van der Waals surface area contributed by atoms with E-state index in [1.807, 2.05) is 54.9 Å². The summed E-state index contributed by atoms with van der Waals surface area (Å²) in [5.41, 5.74) is 3.64. The maximum atomic E-state index is 11.4. The standard InChI is InChI=1S/C7H3Br3N2O.C7H5BrN2O.C7H5BrN2.C7H6N2/c8-3-1-4-5(11-2-3)12-6(13)7(4,9)10;8-5-1-4-2-6(11)10-7(4)9-3-5;8-6-3-5-1-2-9-7(5)10-4-6;1-2-6-3-5-9-7(6)8-4-1/h1-2H,(H,11,12,13);1,3H,2H2,(H,9,10,11);1-4H,(H,9,10);1-5H,(H,8,9). The molecule has 6 aromatic rings. The second kappa shape index (κ2) is 13.8. The van der Waals surface area contributed by atoms with Crippen molar-refractivity contribution in [2.75, 3.05) is 10.6 Å². The number of carbonyl (C=O) groups is 2. The van der Waals surface area contributed by atoms with Gasteiger partial charge in [-0.05, 0) is 90.3 Å². The minimum atomic E-state index is -0.841. The van der Waals surface area contributed by atoms with Gasteiger partial charge in [-0.1, -0.05) is 31.9 Å². The van der Waals surface area contributed by atoms with Crippen molar-refractivity contribution in [1.82, 2.24) is 29.9 Å². The molecule has 4 N–H and O–H groups in total. The summed E-state index contributed by atoms with van der Waals surface area (Å²) in [6.45, 7) is 0. The summed E-state index contributed by atoms with van der Waals surface area (Å²) < 4.78 is 1.92. The second-order valence-electron chi connectivity index (χ2n) is 8.95. The number of halogens is 5. The number of anilines is 2. The summed E-state index contributed by atoms with van der Waals surface area (Å²) in [4.78, 5) is 44.6. The largest absolute Gasteiger partial charge is 0.346 e. The van der Waals surface area contributed by atoms with E-state index >= 15 is 0 Å². The van der Waals surface area contributed by atoms with E-state index in [1.165, 1.54) is 0 Å². The molecule has 0 aromatic carbocycles. The van der Waals surface area contributed by atoms with Gasteiger partial charge < -0.3 is 20.6 Å². The summed E-state index contributed by atoms with van der Waals surface area (Å²) in [7, 11) is 0. The summed E-state index contributed by atoms with van der Waals surface area (Å²) in [5.74, 6) is 1.14. The minimum absolute atomic E-state index is 0.0191. The molecular weight excluding hydrogens is 880 g/mol. The molecule has 8 heterocycles. The van der Waals surface area contributed by atoms with Crippen LogP contribution in [-0.4, -0.2) is 41.7 Å². The van der Waals surface area contributed by atoms with Gasteiger partial charge in [0.2, 0.25) is 5.91 Å². The number of nitrogens with zero attached hydrogens (tertiary/aromatic N) is 4. The predicted molar refractivity (Wildman–Crippen MR) is 184 cm³/mol. The third-order valence-electron chi connectivity index (χ3n) is 5.94. The lowest BCUT2D eigenvalue weighted by Gasteiger charge is -2.09. The van der Waals surface area contributed by atoms with Gasteiger partial charge in [0.1, 0.15) is 22.9 Å². The Balaban J connectivity index is 0.000000115. The van der Waals surface area contributed by atoms with Crippen molar-refractivity contribution in [1.29, 1.82) is 0 Å². The maximum Gasteiger partial charge on any atom is 0.258 e. The van der Waals surface area contributed by atoms with Crippen LogP contribution in [0.2, 0.25) is 0 Å². The minimum Gasteiger partial charge on any atom is -0.346 e.